The zero-order chi connectivity index (χ0) is 18.4. The second-order valence-electron chi connectivity index (χ2n) is 6.22. The first-order valence-corrected chi connectivity index (χ1v) is 8.68. The van der Waals surface area contributed by atoms with E-state index in [0.29, 0.717) is 0 Å². The predicted molar refractivity (Wildman–Crippen MR) is 106 cm³/mol. The van der Waals surface area contributed by atoms with E-state index in [4.69, 9.17) is 4.74 Å². The second kappa shape index (κ2) is 8.34. The van der Waals surface area contributed by atoms with E-state index in [9.17, 15) is 0 Å². The minimum absolute atomic E-state index is 0.764. The van der Waals surface area contributed by atoms with Crippen LogP contribution in [0.1, 0.15) is 16.7 Å². The molecule has 0 radical (unpaired) electrons. The Morgan fingerprint density at radius 3 is 2.62 bits per heavy atom. The summed E-state index contributed by atoms with van der Waals surface area (Å²) in [6.45, 7) is 4.92. The summed E-state index contributed by atoms with van der Waals surface area (Å²) in [5.41, 5.74) is 4.62. The SMILES string of the molecule is COc1ccccc1CCNc1cc(Nc2cc(C)ccc2C)ncn1. The Morgan fingerprint density at radius 2 is 1.77 bits per heavy atom. The van der Waals surface area contributed by atoms with Crippen LogP contribution < -0.4 is 15.4 Å². The Labute approximate surface area is 154 Å². The van der Waals surface area contributed by atoms with E-state index in [0.717, 1.165) is 36.0 Å². The molecule has 0 aliphatic rings. The Bertz CT molecular complexity index is 879. The summed E-state index contributed by atoms with van der Waals surface area (Å²) < 4.78 is 5.39. The van der Waals surface area contributed by atoms with Crippen molar-refractivity contribution in [2.75, 3.05) is 24.3 Å². The van der Waals surface area contributed by atoms with Crippen molar-refractivity contribution < 1.29 is 4.74 Å². The van der Waals surface area contributed by atoms with Crippen LogP contribution in [-0.4, -0.2) is 23.6 Å². The molecule has 26 heavy (non-hydrogen) atoms. The van der Waals surface area contributed by atoms with Crippen LogP contribution in [0, 0.1) is 13.8 Å². The van der Waals surface area contributed by atoms with Gasteiger partial charge in [-0.25, -0.2) is 9.97 Å². The molecule has 2 aromatic carbocycles. The van der Waals surface area contributed by atoms with Crippen molar-refractivity contribution in [3.05, 3.63) is 71.5 Å². The maximum atomic E-state index is 5.39. The molecule has 1 heterocycles. The number of hydrogen-bond donors (Lipinski definition) is 2. The first-order valence-electron chi connectivity index (χ1n) is 8.68. The summed E-state index contributed by atoms with van der Waals surface area (Å²) in [7, 11) is 1.70. The lowest BCUT2D eigenvalue weighted by Crippen LogP contribution is -2.08. The minimum Gasteiger partial charge on any atom is -0.496 e. The highest BCUT2D eigenvalue weighted by Gasteiger charge is 2.04. The monoisotopic (exact) mass is 348 g/mol. The molecule has 0 spiro atoms. The Balaban J connectivity index is 1.63. The van der Waals surface area contributed by atoms with E-state index >= 15 is 0 Å². The lowest BCUT2D eigenvalue weighted by molar-refractivity contribution is 0.410. The number of methoxy groups -OCH3 is 1. The molecule has 0 aliphatic carbocycles. The zero-order valence-electron chi connectivity index (χ0n) is 15.4. The topological polar surface area (TPSA) is 59.1 Å². The maximum absolute atomic E-state index is 5.39. The van der Waals surface area contributed by atoms with Gasteiger partial charge in [-0.05, 0) is 49.1 Å². The lowest BCUT2D eigenvalue weighted by Gasteiger charge is -2.12. The van der Waals surface area contributed by atoms with E-state index in [1.807, 2.05) is 24.3 Å². The van der Waals surface area contributed by atoms with Gasteiger partial charge in [-0.3, -0.25) is 0 Å². The molecule has 0 unspecified atom stereocenters. The van der Waals surface area contributed by atoms with Crippen LogP contribution in [0.25, 0.3) is 0 Å². The van der Waals surface area contributed by atoms with Crippen molar-refractivity contribution in [3.63, 3.8) is 0 Å². The van der Waals surface area contributed by atoms with E-state index in [2.05, 4.69) is 58.7 Å². The fourth-order valence-electron chi connectivity index (χ4n) is 2.77. The van der Waals surface area contributed by atoms with Gasteiger partial charge >= 0.3 is 0 Å². The Morgan fingerprint density at radius 1 is 0.962 bits per heavy atom. The van der Waals surface area contributed by atoms with Gasteiger partial charge in [0.05, 0.1) is 7.11 Å². The van der Waals surface area contributed by atoms with Gasteiger partial charge in [-0.1, -0.05) is 30.3 Å². The van der Waals surface area contributed by atoms with E-state index < -0.39 is 0 Å². The van der Waals surface area contributed by atoms with Gasteiger partial charge in [-0.15, -0.1) is 0 Å². The average molecular weight is 348 g/mol. The van der Waals surface area contributed by atoms with Gasteiger partial charge in [0.15, 0.2) is 0 Å². The van der Waals surface area contributed by atoms with Gasteiger partial charge in [0.2, 0.25) is 0 Å². The summed E-state index contributed by atoms with van der Waals surface area (Å²) in [4.78, 5) is 8.62. The van der Waals surface area contributed by atoms with Crippen molar-refractivity contribution in [1.82, 2.24) is 9.97 Å². The molecule has 0 saturated carbocycles. The fourth-order valence-corrected chi connectivity index (χ4v) is 2.77. The van der Waals surface area contributed by atoms with Gasteiger partial charge in [0.1, 0.15) is 23.7 Å². The number of benzene rings is 2. The molecule has 0 saturated heterocycles. The Hall–Kier alpha value is -3.08. The second-order valence-corrected chi connectivity index (χ2v) is 6.22. The highest BCUT2D eigenvalue weighted by molar-refractivity contribution is 5.63. The standard InChI is InChI=1S/C21H24N4O/c1-15-8-9-16(2)18(12-15)25-21-13-20(23-14-24-21)22-11-10-17-6-4-5-7-19(17)26-3/h4-9,12-14H,10-11H2,1-3H3,(H2,22,23,24,25). The molecular weight excluding hydrogens is 324 g/mol. The van der Waals surface area contributed by atoms with Crippen LogP contribution in [0.3, 0.4) is 0 Å². The van der Waals surface area contributed by atoms with Crippen LogP contribution in [0.2, 0.25) is 0 Å². The van der Waals surface area contributed by atoms with E-state index in [-0.39, 0.29) is 0 Å². The molecule has 0 atom stereocenters. The van der Waals surface area contributed by atoms with Gasteiger partial charge in [-0.2, -0.15) is 0 Å². The largest absolute Gasteiger partial charge is 0.496 e. The number of anilines is 3. The summed E-state index contributed by atoms with van der Waals surface area (Å²) in [6, 6.07) is 16.3. The summed E-state index contributed by atoms with van der Waals surface area (Å²) in [5, 5.41) is 6.72. The smallest absolute Gasteiger partial charge is 0.135 e. The molecule has 1 aromatic heterocycles. The van der Waals surface area contributed by atoms with Crippen LogP contribution in [0.5, 0.6) is 5.75 Å². The van der Waals surface area contributed by atoms with Gasteiger partial charge in [0.25, 0.3) is 0 Å². The van der Waals surface area contributed by atoms with Crippen LogP contribution in [-0.2, 0) is 6.42 Å². The molecule has 0 amide bonds. The summed E-state index contributed by atoms with van der Waals surface area (Å²) in [5.74, 6) is 2.48. The van der Waals surface area contributed by atoms with E-state index in [1.54, 1.807) is 13.4 Å². The number of rotatable bonds is 7. The minimum atomic E-state index is 0.764. The number of nitrogens with one attached hydrogen (secondary N) is 2. The predicted octanol–water partition coefficient (Wildman–Crippen LogP) is 4.50. The number of para-hydroxylation sites is 1. The number of aromatic nitrogens is 2. The van der Waals surface area contributed by atoms with Crippen LogP contribution in [0.4, 0.5) is 17.3 Å². The first-order chi connectivity index (χ1) is 12.7. The Kier molecular flexibility index (Phi) is 5.69. The molecule has 3 rings (SSSR count). The molecule has 5 nitrogen and oxygen atoms in total. The van der Waals surface area contributed by atoms with Crippen molar-refractivity contribution in [1.29, 1.82) is 0 Å². The van der Waals surface area contributed by atoms with Crippen molar-refractivity contribution in [2.45, 2.75) is 20.3 Å². The van der Waals surface area contributed by atoms with Crippen molar-refractivity contribution in [3.8, 4) is 5.75 Å². The molecule has 134 valence electrons. The van der Waals surface area contributed by atoms with Crippen LogP contribution >= 0.6 is 0 Å². The van der Waals surface area contributed by atoms with Crippen LogP contribution in [0.15, 0.2) is 54.9 Å². The van der Waals surface area contributed by atoms with E-state index in [1.165, 1.54) is 16.7 Å². The normalized spacial score (nSPS) is 10.4. The third-order valence-electron chi connectivity index (χ3n) is 4.22. The van der Waals surface area contributed by atoms with Gasteiger partial charge in [0, 0.05) is 18.3 Å². The van der Waals surface area contributed by atoms with Crippen molar-refractivity contribution in [2.24, 2.45) is 0 Å². The third-order valence-corrected chi connectivity index (χ3v) is 4.22. The summed E-state index contributed by atoms with van der Waals surface area (Å²) in [6.07, 6.45) is 2.42. The zero-order valence-corrected chi connectivity index (χ0v) is 15.4. The molecule has 5 heteroatoms. The molecule has 3 aromatic rings. The highest BCUT2D eigenvalue weighted by atomic mass is 16.5. The molecule has 0 bridgehead atoms. The molecular formula is C21H24N4O. The number of aryl methyl sites for hydroxylation is 2. The molecule has 0 fully saturated rings. The number of nitrogens with zero attached hydrogens (tertiary/aromatic N) is 2. The highest BCUT2D eigenvalue weighted by Crippen LogP contribution is 2.22. The molecule has 2 N–H and O–H groups in total. The quantitative estimate of drug-likeness (QED) is 0.658. The van der Waals surface area contributed by atoms with Gasteiger partial charge < -0.3 is 15.4 Å². The maximum Gasteiger partial charge on any atom is 0.135 e. The third kappa shape index (κ3) is 4.51. The average Bonchev–Trinajstić information content (AvgIpc) is 2.65. The lowest BCUT2D eigenvalue weighted by atomic mass is 10.1. The summed E-state index contributed by atoms with van der Waals surface area (Å²) >= 11 is 0. The fraction of sp³-hybridized carbons (Fsp3) is 0.238. The first kappa shape index (κ1) is 17.7. The number of ether oxygens (including phenoxy) is 1. The number of hydrogen-bond acceptors (Lipinski definition) is 5. The molecule has 0 aliphatic heterocycles. The van der Waals surface area contributed by atoms with Crippen molar-refractivity contribution >= 4 is 17.3 Å².